The van der Waals surface area contributed by atoms with Crippen molar-refractivity contribution >= 4 is 22.8 Å². The molecule has 0 atom stereocenters. The Morgan fingerprint density at radius 2 is 2.03 bits per heavy atom. The standard InChI is InChI=1S/C18H12F4N6OS/c1-10-5-13(19)14(6-15(10)30-9-18(20,21)22)28-17(29)12-8-27(25-16(12)24-26-28)11-3-2-4-23-7-11/h2-8H,9H2,1H3. The van der Waals surface area contributed by atoms with Crippen LogP contribution in [-0.2, 0) is 0 Å². The van der Waals surface area contributed by atoms with Crippen LogP contribution in [-0.4, -0.2) is 41.7 Å². The minimum absolute atomic E-state index is 0.0410. The van der Waals surface area contributed by atoms with E-state index < -0.39 is 23.3 Å². The van der Waals surface area contributed by atoms with Gasteiger partial charge in [-0.3, -0.25) is 9.78 Å². The number of hydrogen-bond acceptors (Lipinski definition) is 6. The minimum Gasteiger partial charge on any atom is -0.266 e. The number of aromatic nitrogens is 6. The highest BCUT2D eigenvalue weighted by atomic mass is 32.2. The van der Waals surface area contributed by atoms with Crippen molar-refractivity contribution in [3.05, 3.63) is 64.6 Å². The van der Waals surface area contributed by atoms with E-state index in [1.54, 1.807) is 18.3 Å². The predicted octanol–water partition coefficient (Wildman–Crippen LogP) is 3.46. The molecule has 30 heavy (non-hydrogen) atoms. The van der Waals surface area contributed by atoms with E-state index in [1.807, 2.05) is 0 Å². The second kappa shape index (κ2) is 7.52. The summed E-state index contributed by atoms with van der Waals surface area (Å²) in [6.45, 7) is 1.49. The first kappa shape index (κ1) is 20.0. The molecule has 12 heteroatoms. The number of alkyl halides is 3. The van der Waals surface area contributed by atoms with Gasteiger partial charge < -0.3 is 0 Å². The summed E-state index contributed by atoms with van der Waals surface area (Å²) in [5.74, 6) is -1.95. The molecule has 0 bridgehead atoms. The maximum absolute atomic E-state index is 14.6. The highest BCUT2D eigenvalue weighted by Crippen LogP contribution is 2.31. The van der Waals surface area contributed by atoms with Crippen molar-refractivity contribution in [2.75, 3.05) is 5.75 Å². The summed E-state index contributed by atoms with van der Waals surface area (Å²) in [4.78, 5) is 17.0. The van der Waals surface area contributed by atoms with E-state index in [4.69, 9.17) is 0 Å². The average Bonchev–Trinajstić information content (AvgIpc) is 3.13. The fourth-order valence-electron chi connectivity index (χ4n) is 2.73. The van der Waals surface area contributed by atoms with Gasteiger partial charge in [0.2, 0.25) is 5.65 Å². The van der Waals surface area contributed by atoms with E-state index in [1.165, 1.54) is 24.0 Å². The Balaban J connectivity index is 1.79. The van der Waals surface area contributed by atoms with E-state index in [9.17, 15) is 22.4 Å². The zero-order valence-corrected chi connectivity index (χ0v) is 16.1. The first-order valence-corrected chi connectivity index (χ1v) is 9.47. The summed E-state index contributed by atoms with van der Waals surface area (Å²) < 4.78 is 54.4. The fraction of sp³-hybridized carbons (Fsp3) is 0.167. The van der Waals surface area contributed by atoms with Crippen LogP contribution in [0.4, 0.5) is 17.6 Å². The Morgan fingerprint density at radius 1 is 1.23 bits per heavy atom. The molecule has 0 radical (unpaired) electrons. The monoisotopic (exact) mass is 436 g/mol. The van der Waals surface area contributed by atoms with Gasteiger partial charge in [0, 0.05) is 17.3 Å². The van der Waals surface area contributed by atoms with Crippen LogP contribution >= 0.6 is 11.8 Å². The number of thioether (sulfide) groups is 1. The van der Waals surface area contributed by atoms with Gasteiger partial charge in [-0.1, -0.05) is 5.21 Å². The van der Waals surface area contributed by atoms with Crippen LogP contribution in [0.25, 0.3) is 22.4 Å². The fourth-order valence-corrected chi connectivity index (χ4v) is 3.53. The summed E-state index contributed by atoms with van der Waals surface area (Å²) in [5, 5.41) is 11.8. The topological polar surface area (TPSA) is 78.5 Å². The summed E-state index contributed by atoms with van der Waals surface area (Å²) in [5.41, 5.74) is -0.0615. The number of pyridine rings is 1. The summed E-state index contributed by atoms with van der Waals surface area (Å²) in [7, 11) is 0. The number of hydrogen-bond donors (Lipinski definition) is 0. The first-order valence-electron chi connectivity index (χ1n) is 8.49. The molecule has 7 nitrogen and oxygen atoms in total. The lowest BCUT2D eigenvalue weighted by Crippen LogP contribution is -2.23. The van der Waals surface area contributed by atoms with Crippen molar-refractivity contribution in [1.29, 1.82) is 0 Å². The molecule has 0 saturated carbocycles. The van der Waals surface area contributed by atoms with Gasteiger partial charge in [0.25, 0.3) is 5.56 Å². The van der Waals surface area contributed by atoms with Crippen LogP contribution in [0.5, 0.6) is 0 Å². The van der Waals surface area contributed by atoms with Crippen molar-refractivity contribution in [1.82, 2.24) is 29.8 Å². The zero-order valence-electron chi connectivity index (χ0n) is 15.3. The van der Waals surface area contributed by atoms with Crippen molar-refractivity contribution in [2.24, 2.45) is 0 Å². The van der Waals surface area contributed by atoms with Gasteiger partial charge in [0.1, 0.15) is 16.9 Å². The third-order valence-electron chi connectivity index (χ3n) is 4.12. The molecule has 4 aromatic rings. The van der Waals surface area contributed by atoms with Crippen molar-refractivity contribution in [3.8, 4) is 11.4 Å². The molecule has 0 amide bonds. The Morgan fingerprint density at radius 3 is 2.73 bits per heavy atom. The van der Waals surface area contributed by atoms with Crippen LogP contribution in [0.1, 0.15) is 5.56 Å². The molecule has 0 fully saturated rings. The van der Waals surface area contributed by atoms with Crippen molar-refractivity contribution in [2.45, 2.75) is 18.0 Å². The lowest BCUT2D eigenvalue weighted by molar-refractivity contribution is -0.105. The lowest BCUT2D eigenvalue weighted by atomic mass is 10.2. The number of halogens is 4. The van der Waals surface area contributed by atoms with Crippen LogP contribution in [0, 0.1) is 12.7 Å². The van der Waals surface area contributed by atoms with Gasteiger partial charge in [0.15, 0.2) is 0 Å². The molecule has 3 aromatic heterocycles. The normalized spacial score (nSPS) is 11.9. The average molecular weight is 436 g/mol. The predicted molar refractivity (Wildman–Crippen MR) is 102 cm³/mol. The molecule has 0 saturated heterocycles. The van der Waals surface area contributed by atoms with Gasteiger partial charge in [-0.2, -0.15) is 17.9 Å². The zero-order chi connectivity index (χ0) is 21.5. The molecule has 0 unspecified atom stereocenters. The highest BCUT2D eigenvalue weighted by Gasteiger charge is 2.28. The molecular formula is C18H12F4N6OS. The van der Waals surface area contributed by atoms with Gasteiger partial charge in [0.05, 0.1) is 17.6 Å². The number of aryl methyl sites for hydroxylation is 1. The minimum atomic E-state index is -4.39. The van der Waals surface area contributed by atoms with Gasteiger partial charge in [-0.25, -0.2) is 9.07 Å². The highest BCUT2D eigenvalue weighted by molar-refractivity contribution is 7.99. The molecule has 0 aliphatic heterocycles. The molecule has 0 aliphatic rings. The summed E-state index contributed by atoms with van der Waals surface area (Å²) in [6.07, 6.45) is 0.128. The Kier molecular flexibility index (Phi) is 5.02. The van der Waals surface area contributed by atoms with Gasteiger partial charge >= 0.3 is 6.18 Å². The Hall–Kier alpha value is -3.28. The molecular weight excluding hydrogens is 424 g/mol. The molecule has 1 aromatic carbocycles. The SMILES string of the molecule is Cc1cc(F)c(-n2nnc3nn(-c4cccnc4)cc3c2=O)cc1SCC(F)(F)F. The van der Waals surface area contributed by atoms with Crippen molar-refractivity contribution < 1.29 is 17.6 Å². The Labute approximate surface area is 170 Å². The number of fused-ring (bicyclic) bond motifs is 1. The van der Waals surface area contributed by atoms with Gasteiger partial charge in [-0.15, -0.1) is 22.0 Å². The van der Waals surface area contributed by atoms with Crippen LogP contribution < -0.4 is 5.56 Å². The molecule has 3 heterocycles. The first-order chi connectivity index (χ1) is 14.2. The third kappa shape index (κ3) is 3.90. The number of benzene rings is 1. The van der Waals surface area contributed by atoms with E-state index >= 15 is 0 Å². The van der Waals surface area contributed by atoms with Gasteiger partial charge in [-0.05, 0) is 36.8 Å². The number of nitrogens with zero attached hydrogens (tertiary/aromatic N) is 6. The quantitative estimate of drug-likeness (QED) is 0.360. The third-order valence-corrected chi connectivity index (χ3v) is 5.34. The second-order valence-corrected chi connectivity index (χ2v) is 7.32. The smallest absolute Gasteiger partial charge is 0.266 e. The van der Waals surface area contributed by atoms with Crippen LogP contribution in [0.2, 0.25) is 0 Å². The maximum Gasteiger partial charge on any atom is 0.398 e. The summed E-state index contributed by atoms with van der Waals surface area (Å²) in [6, 6.07) is 5.63. The largest absolute Gasteiger partial charge is 0.398 e. The molecule has 0 N–H and O–H groups in total. The lowest BCUT2D eigenvalue weighted by Gasteiger charge is -2.11. The van der Waals surface area contributed by atoms with E-state index in [2.05, 4.69) is 20.4 Å². The maximum atomic E-state index is 14.6. The summed E-state index contributed by atoms with van der Waals surface area (Å²) >= 11 is 0.504. The second-order valence-electron chi connectivity index (χ2n) is 6.30. The van der Waals surface area contributed by atoms with Crippen LogP contribution in [0.15, 0.2) is 52.5 Å². The van der Waals surface area contributed by atoms with Crippen LogP contribution in [0.3, 0.4) is 0 Å². The molecule has 0 spiro atoms. The van der Waals surface area contributed by atoms with E-state index in [0.717, 1.165) is 12.1 Å². The molecule has 4 rings (SSSR count). The van der Waals surface area contributed by atoms with Crippen molar-refractivity contribution in [3.63, 3.8) is 0 Å². The molecule has 0 aliphatic carbocycles. The molecule has 154 valence electrons. The van der Waals surface area contributed by atoms with E-state index in [0.29, 0.717) is 27.7 Å². The number of rotatable bonds is 4. The Bertz CT molecular complexity index is 1290. The van der Waals surface area contributed by atoms with E-state index in [-0.39, 0.29) is 21.6 Å².